The average molecular weight is 283 g/mol. The van der Waals surface area contributed by atoms with E-state index in [1.54, 1.807) is 42.5 Å². The lowest BCUT2D eigenvalue weighted by molar-refractivity contribution is 0.102. The maximum Gasteiger partial charge on any atom is 0.255 e. The SMILES string of the molecule is C=C(C)COc1cccc(C(=O)Nc2ccccc2O)c1. The maximum absolute atomic E-state index is 12.2. The number of amides is 1. The van der Waals surface area contributed by atoms with Gasteiger partial charge in [0.2, 0.25) is 0 Å². The van der Waals surface area contributed by atoms with Crippen LogP contribution in [0, 0.1) is 0 Å². The smallest absolute Gasteiger partial charge is 0.255 e. The Morgan fingerprint density at radius 1 is 1.24 bits per heavy atom. The minimum atomic E-state index is -0.308. The average Bonchev–Trinajstić information content (AvgIpc) is 2.48. The molecule has 0 saturated heterocycles. The van der Waals surface area contributed by atoms with Crippen molar-refractivity contribution >= 4 is 11.6 Å². The third-order valence-corrected chi connectivity index (χ3v) is 2.73. The van der Waals surface area contributed by atoms with Gasteiger partial charge in [0.05, 0.1) is 5.69 Å². The molecule has 21 heavy (non-hydrogen) atoms. The molecular weight excluding hydrogens is 266 g/mol. The van der Waals surface area contributed by atoms with E-state index in [-0.39, 0.29) is 11.7 Å². The molecule has 0 atom stereocenters. The summed E-state index contributed by atoms with van der Waals surface area (Å²) >= 11 is 0. The fourth-order valence-corrected chi connectivity index (χ4v) is 1.71. The number of nitrogens with one attached hydrogen (secondary N) is 1. The van der Waals surface area contributed by atoms with E-state index in [0.717, 1.165) is 5.57 Å². The van der Waals surface area contributed by atoms with Gasteiger partial charge in [-0.3, -0.25) is 4.79 Å². The Morgan fingerprint density at radius 2 is 2.00 bits per heavy atom. The Hall–Kier alpha value is -2.75. The summed E-state index contributed by atoms with van der Waals surface area (Å²) in [6.07, 6.45) is 0. The Bertz CT molecular complexity index is 665. The third kappa shape index (κ3) is 4.11. The number of ether oxygens (including phenoxy) is 1. The third-order valence-electron chi connectivity index (χ3n) is 2.73. The highest BCUT2D eigenvalue weighted by Gasteiger charge is 2.09. The number of carbonyl (C=O) groups excluding carboxylic acids is 1. The van der Waals surface area contributed by atoms with Gasteiger partial charge in [-0.05, 0) is 42.8 Å². The molecule has 4 nitrogen and oxygen atoms in total. The Labute approximate surface area is 123 Å². The Kier molecular flexibility index (Phi) is 4.61. The number of carbonyl (C=O) groups is 1. The summed E-state index contributed by atoms with van der Waals surface area (Å²) < 4.78 is 5.50. The molecule has 108 valence electrons. The van der Waals surface area contributed by atoms with Crippen LogP contribution in [0.2, 0.25) is 0 Å². The molecular formula is C17H17NO3. The van der Waals surface area contributed by atoms with Gasteiger partial charge in [0, 0.05) is 5.56 Å². The topological polar surface area (TPSA) is 58.6 Å². The van der Waals surface area contributed by atoms with E-state index < -0.39 is 0 Å². The van der Waals surface area contributed by atoms with Crippen molar-refractivity contribution < 1.29 is 14.6 Å². The summed E-state index contributed by atoms with van der Waals surface area (Å²) in [6.45, 7) is 6.04. The second-order valence-corrected chi connectivity index (χ2v) is 4.74. The molecule has 0 spiro atoms. The summed E-state index contributed by atoms with van der Waals surface area (Å²) in [6, 6.07) is 13.4. The molecule has 0 unspecified atom stereocenters. The van der Waals surface area contributed by atoms with Gasteiger partial charge in [-0.25, -0.2) is 0 Å². The normalized spacial score (nSPS) is 9.95. The van der Waals surface area contributed by atoms with Crippen molar-refractivity contribution in [2.45, 2.75) is 6.92 Å². The molecule has 2 aromatic rings. The molecule has 0 heterocycles. The van der Waals surface area contributed by atoms with E-state index in [0.29, 0.717) is 23.6 Å². The molecule has 0 fully saturated rings. The first kappa shape index (κ1) is 14.7. The van der Waals surface area contributed by atoms with E-state index in [4.69, 9.17) is 4.74 Å². The molecule has 0 bridgehead atoms. The van der Waals surface area contributed by atoms with Gasteiger partial charge < -0.3 is 15.2 Å². The molecule has 2 N–H and O–H groups in total. The summed E-state index contributed by atoms with van der Waals surface area (Å²) in [5.74, 6) is 0.320. The van der Waals surface area contributed by atoms with Crippen LogP contribution in [0.5, 0.6) is 11.5 Å². The fraction of sp³-hybridized carbons (Fsp3) is 0.118. The quantitative estimate of drug-likeness (QED) is 0.651. The molecule has 1 amide bonds. The minimum absolute atomic E-state index is 0.0283. The van der Waals surface area contributed by atoms with Crippen LogP contribution in [0.25, 0.3) is 0 Å². The van der Waals surface area contributed by atoms with Gasteiger partial charge in [0.15, 0.2) is 0 Å². The van der Waals surface area contributed by atoms with Crippen molar-refractivity contribution in [3.8, 4) is 11.5 Å². The zero-order valence-corrected chi connectivity index (χ0v) is 11.8. The van der Waals surface area contributed by atoms with Gasteiger partial charge in [-0.2, -0.15) is 0 Å². The van der Waals surface area contributed by atoms with Crippen LogP contribution >= 0.6 is 0 Å². The number of hydrogen-bond acceptors (Lipinski definition) is 3. The van der Waals surface area contributed by atoms with E-state index >= 15 is 0 Å². The number of hydrogen-bond donors (Lipinski definition) is 2. The predicted octanol–water partition coefficient (Wildman–Crippen LogP) is 3.60. The second-order valence-electron chi connectivity index (χ2n) is 4.74. The highest BCUT2D eigenvalue weighted by atomic mass is 16.5. The first-order valence-electron chi connectivity index (χ1n) is 6.53. The zero-order chi connectivity index (χ0) is 15.2. The number of rotatable bonds is 5. The van der Waals surface area contributed by atoms with Crippen molar-refractivity contribution in [3.05, 3.63) is 66.2 Å². The summed E-state index contributed by atoms with van der Waals surface area (Å²) in [7, 11) is 0. The van der Waals surface area contributed by atoms with Gasteiger partial charge in [0.25, 0.3) is 5.91 Å². The number of benzene rings is 2. The van der Waals surface area contributed by atoms with E-state index in [2.05, 4.69) is 11.9 Å². The van der Waals surface area contributed by atoms with Gasteiger partial charge >= 0.3 is 0 Å². The molecule has 0 aliphatic rings. The van der Waals surface area contributed by atoms with E-state index in [1.165, 1.54) is 6.07 Å². The number of phenolic OH excluding ortho intramolecular Hbond substituents is 1. The van der Waals surface area contributed by atoms with Crippen LogP contribution < -0.4 is 10.1 Å². The monoisotopic (exact) mass is 283 g/mol. The molecule has 4 heteroatoms. The van der Waals surface area contributed by atoms with Crippen molar-refractivity contribution in [2.24, 2.45) is 0 Å². The lowest BCUT2D eigenvalue weighted by Gasteiger charge is -2.09. The van der Waals surface area contributed by atoms with Crippen LogP contribution in [0.3, 0.4) is 0 Å². The summed E-state index contributed by atoms with van der Waals surface area (Å²) in [5, 5.41) is 12.3. The second kappa shape index (κ2) is 6.61. The lowest BCUT2D eigenvalue weighted by atomic mass is 10.2. The highest BCUT2D eigenvalue weighted by Crippen LogP contribution is 2.23. The number of para-hydroxylation sites is 2. The van der Waals surface area contributed by atoms with E-state index in [1.807, 2.05) is 6.92 Å². The fourth-order valence-electron chi connectivity index (χ4n) is 1.71. The largest absolute Gasteiger partial charge is 0.506 e. The molecule has 0 saturated carbocycles. The number of phenols is 1. The minimum Gasteiger partial charge on any atom is -0.506 e. The van der Waals surface area contributed by atoms with Crippen LogP contribution in [0.4, 0.5) is 5.69 Å². The van der Waals surface area contributed by atoms with Crippen molar-refractivity contribution in [3.63, 3.8) is 0 Å². The van der Waals surface area contributed by atoms with Crippen LogP contribution in [0.15, 0.2) is 60.7 Å². The number of aromatic hydroxyl groups is 1. The Morgan fingerprint density at radius 3 is 2.71 bits per heavy atom. The molecule has 0 aliphatic carbocycles. The van der Waals surface area contributed by atoms with Crippen molar-refractivity contribution in [1.29, 1.82) is 0 Å². The predicted molar refractivity (Wildman–Crippen MR) is 82.8 cm³/mol. The van der Waals surface area contributed by atoms with E-state index in [9.17, 15) is 9.90 Å². The molecule has 2 aromatic carbocycles. The zero-order valence-electron chi connectivity index (χ0n) is 11.8. The number of anilines is 1. The molecule has 0 aliphatic heterocycles. The standard InChI is InChI=1S/C17H17NO3/c1-12(2)11-21-14-7-5-6-13(10-14)17(20)18-15-8-3-4-9-16(15)19/h3-10,19H,1,11H2,2H3,(H,18,20). The Balaban J connectivity index is 2.11. The lowest BCUT2D eigenvalue weighted by Crippen LogP contribution is -2.12. The molecule has 2 rings (SSSR count). The molecule has 0 aromatic heterocycles. The van der Waals surface area contributed by atoms with Gasteiger partial charge in [-0.15, -0.1) is 0 Å². The van der Waals surface area contributed by atoms with Crippen molar-refractivity contribution in [2.75, 3.05) is 11.9 Å². The van der Waals surface area contributed by atoms with Gasteiger partial charge in [0.1, 0.15) is 18.1 Å². The van der Waals surface area contributed by atoms with Crippen LogP contribution in [0.1, 0.15) is 17.3 Å². The summed E-state index contributed by atoms with van der Waals surface area (Å²) in [5.41, 5.74) is 1.73. The van der Waals surface area contributed by atoms with Crippen LogP contribution in [-0.4, -0.2) is 17.6 Å². The maximum atomic E-state index is 12.2. The highest BCUT2D eigenvalue weighted by molar-refractivity contribution is 6.05. The van der Waals surface area contributed by atoms with Gasteiger partial charge in [-0.1, -0.05) is 24.8 Å². The summed E-state index contributed by atoms with van der Waals surface area (Å²) in [4.78, 5) is 12.2. The first-order chi connectivity index (χ1) is 10.1. The van der Waals surface area contributed by atoms with Crippen LogP contribution in [-0.2, 0) is 0 Å². The van der Waals surface area contributed by atoms with Crippen molar-refractivity contribution in [1.82, 2.24) is 0 Å². The first-order valence-corrected chi connectivity index (χ1v) is 6.53. The molecule has 0 radical (unpaired) electrons.